The molecular formula is C29H32N2O6S. The zero-order valence-corrected chi connectivity index (χ0v) is 22.3. The number of phenols is 1. The molecular weight excluding hydrogens is 504 g/mol. The number of carbonyl (C=O) groups is 1. The van der Waals surface area contributed by atoms with E-state index in [1.165, 1.54) is 11.4 Å². The van der Waals surface area contributed by atoms with Gasteiger partial charge in [-0.2, -0.15) is 5.10 Å². The molecule has 0 spiro atoms. The number of aromatic hydroxyl groups is 1. The Morgan fingerprint density at radius 1 is 0.974 bits per heavy atom. The lowest BCUT2D eigenvalue weighted by Crippen LogP contribution is -2.09. The highest BCUT2D eigenvalue weighted by Crippen LogP contribution is 2.35. The summed E-state index contributed by atoms with van der Waals surface area (Å²) in [6, 6.07) is 15.4. The molecule has 0 fully saturated rings. The van der Waals surface area contributed by atoms with Gasteiger partial charge in [0.15, 0.2) is 0 Å². The Bertz CT molecular complexity index is 1310. The Morgan fingerprint density at radius 2 is 1.66 bits per heavy atom. The number of aryl methyl sites for hydroxylation is 1. The van der Waals surface area contributed by atoms with E-state index < -0.39 is 5.97 Å². The lowest BCUT2D eigenvalue weighted by atomic mass is 10.0. The summed E-state index contributed by atoms with van der Waals surface area (Å²) in [6.07, 6.45) is 2.85. The van der Waals surface area contributed by atoms with Gasteiger partial charge in [0.05, 0.1) is 13.2 Å². The van der Waals surface area contributed by atoms with Gasteiger partial charge in [-0.1, -0.05) is 50.7 Å². The summed E-state index contributed by atoms with van der Waals surface area (Å²) in [5.41, 5.74) is 2.66. The summed E-state index contributed by atoms with van der Waals surface area (Å²) in [4.78, 5) is 11.6. The van der Waals surface area contributed by atoms with Gasteiger partial charge in [0, 0.05) is 29.0 Å². The van der Waals surface area contributed by atoms with E-state index in [1.54, 1.807) is 30.3 Å². The highest BCUT2D eigenvalue weighted by molar-refractivity contribution is 7.80. The molecule has 3 aromatic rings. The van der Waals surface area contributed by atoms with Gasteiger partial charge in [-0.15, -0.1) is 0 Å². The van der Waals surface area contributed by atoms with Crippen LogP contribution in [0.4, 0.5) is 0 Å². The smallest absolute Gasteiger partial charge is 0.339 e. The SMILES string of the molecule is CCCc1c(OCCCOc2cc(O)c(C(C=S)=NN)cc2CC)cccc1Oc1ccccc1C(=O)O. The number of para-hydroxylation sites is 1. The number of ether oxygens (including phenoxy) is 3. The van der Waals surface area contributed by atoms with E-state index in [-0.39, 0.29) is 17.1 Å². The molecule has 0 aromatic heterocycles. The van der Waals surface area contributed by atoms with Gasteiger partial charge in [-0.25, -0.2) is 4.79 Å². The lowest BCUT2D eigenvalue weighted by molar-refractivity contribution is 0.0694. The maximum absolute atomic E-state index is 11.6. The second-order valence-electron chi connectivity index (χ2n) is 8.40. The number of hydrogen-bond donors (Lipinski definition) is 3. The summed E-state index contributed by atoms with van der Waals surface area (Å²) >= 11 is 4.92. The number of hydrazone groups is 1. The molecule has 0 heterocycles. The number of phenolic OH excluding ortho intramolecular Hbond substituents is 1. The minimum absolute atomic E-state index is 0.00996. The van der Waals surface area contributed by atoms with Crippen molar-refractivity contribution < 1.29 is 29.2 Å². The molecule has 8 nitrogen and oxygen atoms in total. The molecule has 3 rings (SSSR count). The molecule has 4 N–H and O–H groups in total. The van der Waals surface area contributed by atoms with Crippen LogP contribution in [0.3, 0.4) is 0 Å². The average molecular weight is 537 g/mol. The van der Waals surface area contributed by atoms with Crippen LogP contribution in [0.1, 0.15) is 53.7 Å². The number of benzene rings is 3. The first-order chi connectivity index (χ1) is 18.4. The van der Waals surface area contributed by atoms with E-state index >= 15 is 0 Å². The predicted molar refractivity (Wildman–Crippen MR) is 151 cm³/mol. The molecule has 38 heavy (non-hydrogen) atoms. The zero-order valence-electron chi connectivity index (χ0n) is 21.5. The third-order valence-corrected chi connectivity index (χ3v) is 6.04. The van der Waals surface area contributed by atoms with E-state index in [0.29, 0.717) is 61.0 Å². The van der Waals surface area contributed by atoms with Crippen molar-refractivity contribution in [3.63, 3.8) is 0 Å². The summed E-state index contributed by atoms with van der Waals surface area (Å²) < 4.78 is 18.0. The van der Waals surface area contributed by atoms with E-state index in [1.807, 2.05) is 25.1 Å². The second kappa shape index (κ2) is 14.0. The quantitative estimate of drug-likeness (QED) is 0.0764. The van der Waals surface area contributed by atoms with Gasteiger partial charge in [0.2, 0.25) is 0 Å². The normalized spacial score (nSPS) is 11.2. The topological polar surface area (TPSA) is 124 Å². The van der Waals surface area contributed by atoms with Crippen molar-refractivity contribution in [1.29, 1.82) is 0 Å². The Labute approximate surface area is 227 Å². The molecule has 3 aromatic carbocycles. The predicted octanol–water partition coefficient (Wildman–Crippen LogP) is 5.91. The summed E-state index contributed by atoms with van der Waals surface area (Å²) in [7, 11) is 0. The maximum Gasteiger partial charge on any atom is 0.339 e. The maximum atomic E-state index is 11.6. The van der Waals surface area contributed by atoms with Crippen LogP contribution >= 0.6 is 12.2 Å². The molecule has 0 unspecified atom stereocenters. The Hall–Kier alpha value is -4.11. The largest absolute Gasteiger partial charge is 0.507 e. The van der Waals surface area contributed by atoms with Crippen molar-refractivity contribution in [2.45, 2.75) is 39.5 Å². The highest BCUT2D eigenvalue weighted by Gasteiger charge is 2.16. The van der Waals surface area contributed by atoms with Crippen molar-refractivity contribution in [1.82, 2.24) is 0 Å². The summed E-state index contributed by atoms with van der Waals surface area (Å²) in [5.74, 6) is 6.41. The standard InChI is InChI=1S/C29H32N2O6S/c1-3-9-20-25(12-7-13-26(20)37-27-11-6-5-10-21(27)29(33)34)35-14-8-15-36-28-17-24(32)22(16-19(28)4-2)23(18-38)31-30/h5-7,10-13,16-18,32H,3-4,8-9,14-15,30H2,1-2H3,(H,33,34). The van der Waals surface area contributed by atoms with Gasteiger partial charge >= 0.3 is 5.97 Å². The van der Waals surface area contributed by atoms with E-state index in [9.17, 15) is 15.0 Å². The van der Waals surface area contributed by atoms with Crippen molar-refractivity contribution in [2.75, 3.05) is 13.2 Å². The third kappa shape index (κ3) is 7.01. The van der Waals surface area contributed by atoms with Crippen LogP contribution in [-0.2, 0) is 12.8 Å². The number of hydrogen-bond acceptors (Lipinski definition) is 8. The number of rotatable bonds is 14. The van der Waals surface area contributed by atoms with Crippen LogP contribution in [-0.4, -0.2) is 40.5 Å². The molecule has 9 heteroatoms. The average Bonchev–Trinajstić information content (AvgIpc) is 2.92. The fourth-order valence-corrected chi connectivity index (χ4v) is 4.13. The van der Waals surface area contributed by atoms with Crippen LogP contribution in [0.15, 0.2) is 59.7 Å². The van der Waals surface area contributed by atoms with E-state index in [2.05, 4.69) is 12.0 Å². The molecule has 0 aliphatic heterocycles. The van der Waals surface area contributed by atoms with Gasteiger partial charge in [0.25, 0.3) is 0 Å². The van der Waals surface area contributed by atoms with Gasteiger partial charge < -0.3 is 30.3 Å². The van der Waals surface area contributed by atoms with Crippen molar-refractivity contribution >= 4 is 29.3 Å². The van der Waals surface area contributed by atoms with Crippen molar-refractivity contribution in [2.24, 2.45) is 10.9 Å². The first-order valence-corrected chi connectivity index (χ1v) is 12.9. The Balaban J connectivity index is 1.66. The number of aromatic carboxylic acids is 1. The summed E-state index contributed by atoms with van der Waals surface area (Å²) in [5, 5.41) is 24.8. The Morgan fingerprint density at radius 3 is 2.32 bits per heavy atom. The molecule has 0 aliphatic carbocycles. The third-order valence-electron chi connectivity index (χ3n) is 5.82. The molecule has 0 radical (unpaired) electrons. The van der Waals surface area contributed by atoms with Crippen molar-refractivity contribution in [3.8, 4) is 28.7 Å². The molecule has 200 valence electrons. The summed E-state index contributed by atoms with van der Waals surface area (Å²) in [6.45, 7) is 4.82. The molecule has 0 amide bonds. The fourth-order valence-electron chi connectivity index (χ4n) is 3.94. The number of nitrogens with two attached hydrogens (primary N) is 1. The second-order valence-corrected chi connectivity index (χ2v) is 8.64. The van der Waals surface area contributed by atoms with E-state index in [0.717, 1.165) is 17.5 Å². The van der Waals surface area contributed by atoms with Crippen LogP contribution in [0.25, 0.3) is 0 Å². The zero-order chi connectivity index (χ0) is 27.5. The highest BCUT2D eigenvalue weighted by atomic mass is 32.1. The van der Waals surface area contributed by atoms with Crippen LogP contribution in [0.2, 0.25) is 0 Å². The van der Waals surface area contributed by atoms with Crippen molar-refractivity contribution in [3.05, 3.63) is 76.9 Å². The molecule has 0 aliphatic rings. The fraction of sp³-hybridized carbons (Fsp3) is 0.276. The minimum Gasteiger partial charge on any atom is -0.507 e. The lowest BCUT2D eigenvalue weighted by Gasteiger charge is -2.17. The van der Waals surface area contributed by atoms with Gasteiger partial charge in [-0.05, 0) is 48.7 Å². The Kier molecular flexibility index (Phi) is 10.5. The van der Waals surface area contributed by atoms with Gasteiger partial charge in [0.1, 0.15) is 40.0 Å². The first-order valence-electron chi connectivity index (χ1n) is 12.4. The number of carboxylic acids is 1. The number of nitrogens with zero attached hydrogens (tertiary/aromatic N) is 1. The van der Waals surface area contributed by atoms with Crippen LogP contribution in [0.5, 0.6) is 28.7 Å². The van der Waals surface area contributed by atoms with Crippen LogP contribution < -0.4 is 20.1 Å². The monoisotopic (exact) mass is 536 g/mol. The van der Waals surface area contributed by atoms with Gasteiger partial charge in [-0.3, -0.25) is 0 Å². The van der Waals surface area contributed by atoms with Crippen LogP contribution in [0, 0.1) is 0 Å². The number of carboxylic acid groups (broad SMARTS) is 1. The molecule has 0 bridgehead atoms. The molecule has 0 saturated heterocycles. The number of thiocarbonyl (C=S) groups is 1. The van der Waals surface area contributed by atoms with E-state index in [4.69, 9.17) is 32.3 Å². The first kappa shape index (κ1) is 28.5. The molecule has 0 atom stereocenters. The molecule has 0 saturated carbocycles. The minimum atomic E-state index is -1.05.